The molecule has 0 aliphatic carbocycles. The highest BCUT2D eigenvalue weighted by Gasteiger charge is 2.24. The number of nitrogens with one attached hydrogen (secondary N) is 1. The van der Waals surface area contributed by atoms with Gasteiger partial charge in [0.25, 0.3) is 0 Å². The molecule has 3 N–H and O–H groups in total. The van der Waals surface area contributed by atoms with E-state index in [1.165, 1.54) is 23.8 Å². The van der Waals surface area contributed by atoms with Gasteiger partial charge in [0.1, 0.15) is 4.90 Å². The Kier molecular flexibility index (Phi) is 5.56. The Morgan fingerprint density at radius 1 is 1.53 bits per heavy atom. The fraction of sp³-hybridized carbons (Fsp3) is 0.667. The van der Waals surface area contributed by atoms with Gasteiger partial charge in [-0.25, -0.2) is 8.42 Å². The molecule has 0 atom stereocenters. The zero-order valence-electron chi connectivity index (χ0n) is 9.80. The summed E-state index contributed by atoms with van der Waals surface area (Å²) in [6, 6.07) is 0. The van der Waals surface area contributed by atoms with Crippen molar-refractivity contribution in [3.63, 3.8) is 0 Å². The van der Waals surface area contributed by atoms with E-state index in [1.54, 1.807) is 0 Å². The SMILES string of the molecule is COCCN(CCCN)S(=O)(=O)c1cn[nH]c1. The minimum atomic E-state index is -3.50. The van der Waals surface area contributed by atoms with Gasteiger partial charge < -0.3 is 10.5 Å². The van der Waals surface area contributed by atoms with Gasteiger partial charge in [-0.2, -0.15) is 9.40 Å². The van der Waals surface area contributed by atoms with Crippen LogP contribution in [0.25, 0.3) is 0 Å². The van der Waals surface area contributed by atoms with E-state index in [4.69, 9.17) is 10.5 Å². The predicted molar refractivity (Wildman–Crippen MR) is 62.9 cm³/mol. The Morgan fingerprint density at radius 3 is 2.82 bits per heavy atom. The normalized spacial score (nSPS) is 12.2. The highest BCUT2D eigenvalue weighted by atomic mass is 32.2. The van der Waals surface area contributed by atoms with E-state index in [-0.39, 0.29) is 4.90 Å². The van der Waals surface area contributed by atoms with E-state index in [0.717, 1.165) is 0 Å². The van der Waals surface area contributed by atoms with Crippen LogP contribution in [-0.2, 0) is 14.8 Å². The Bertz CT molecular complexity index is 396. The molecule has 0 aliphatic rings. The molecule has 0 bridgehead atoms. The van der Waals surface area contributed by atoms with Crippen LogP contribution in [0, 0.1) is 0 Å². The Hall–Kier alpha value is -0.960. The molecule has 1 aromatic heterocycles. The van der Waals surface area contributed by atoms with Crippen molar-refractivity contribution in [2.75, 3.05) is 33.4 Å². The van der Waals surface area contributed by atoms with Crippen LogP contribution in [0.2, 0.25) is 0 Å². The molecule has 8 heteroatoms. The van der Waals surface area contributed by atoms with Crippen molar-refractivity contribution in [1.82, 2.24) is 14.5 Å². The summed E-state index contributed by atoms with van der Waals surface area (Å²) >= 11 is 0. The lowest BCUT2D eigenvalue weighted by Gasteiger charge is -2.20. The van der Waals surface area contributed by atoms with Crippen LogP contribution in [0.4, 0.5) is 0 Å². The first-order valence-corrected chi connectivity index (χ1v) is 6.75. The zero-order valence-corrected chi connectivity index (χ0v) is 10.6. The molecule has 98 valence electrons. The van der Waals surface area contributed by atoms with Gasteiger partial charge in [-0.05, 0) is 13.0 Å². The molecule has 1 rings (SSSR count). The summed E-state index contributed by atoms with van der Waals surface area (Å²) in [7, 11) is -1.96. The fourth-order valence-corrected chi connectivity index (χ4v) is 2.71. The van der Waals surface area contributed by atoms with E-state index in [2.05, 4.69) is 10.2 Å². The van der Waals surface area contributed by atoms with E-state index in [9.17, 15) is 8.42 Å². The minimum Gasteiger partial charge on any atom is -0.383 e. The second-order valence-corrected chi connectivity index (χ2v) is 5.41. The average Bonchev–Trinajstić information content (AvgIpc) is 2.83. The summed E-state index contributed by atoms with van der Waals surface area (Å²) in [4.78, 5) is 0.158. The Balaban J connectivity index is 2.80. The highest BCUT2D eigenvalue weighted by Crippen LogP contribution is 2.13. The molecule has 0 saturated heterocycles. The van der Waals surface area contributed by atoms with Crippen LogP contribution >= 0.6 is 0 Å². The predicted octanol–water partition coefficient (Wildman–Crippen LogP) is -0.604. The Labute approximate surface area is 101 Å². The molecular formula is C9H18N4O3S. The smallest absolute Gasteiger partial charge is 0.246 e. The highest BCUT2D eigenvalue weighted by molar-refractivity contribution is 7.89. The summed E-state index contributed by atoms with van der Waals surface area (Å²) in [5, 5.41) is 6.14. The lowest BCUT2D eigenvalue weighted by molar-refractivity contribution is 0.178. The van der Waals surface area contributed by atoms with E-state index in [1.807, 2.05) is 0 Å². The fourth-order valence-electron chi connectivity index (χ4n) is 1.34. The lowest BCUT2D eigenvalue weighted by atomic mass is 10.4. The van der Waals surface area contributed by atoms with Crippen molar-refractivity contribution in [3.8, 4) is 0 Å². The van der Waals surface area contributed by atoms with Gasteiger partial charge in [-0.3, -0.25) is 5.10 Å². The van der Waals surface area contributed by atoms with Crippen LogP contribution in [0.5, 0.6) is 0 Å². The number of H-pyrrole nitrogens is 1. The number of nitrogens with two attached hydrogens (primary N) is 1. The standard InChI is InChI=1S/C9H18N4O3S/c1-16-6-5-13(4-2-3-10)17(14,15)9-7-11-12-8-9/h7-8H,2-6,10H2,1H3,(H,11,12). The molecule has 17 heavy (non-hydrogen) atoms. The minimum absolute atomic E-state index is 0.158. The van der Waals surface area contributed by atoms with Crippen LogP contribution in [0.3, 0.4) is 0 Å². The number of nitrogens with zero attached hydrogens (tertiary/aromatic N) is 2. The van der Waals surface area contributed by atoms with Crippen molar-refractivity contribution in [1.29, 1.82) is 0 Å². The van der Waals surface area contributed by atoms with Gasteiger partial charge in [0.2, 0.25) is 10.0 Å². The summed E-state index contributed by atoms with van der Waals surface area (Å²) < 4.78 is 30.6. The van der Waals surface area contributed by atoms with E-state index >= 15 is 0 Å². The molecule has 0 fully saturated rings. The van der Waals surface area contributed by atoms with Gasteiger partial charge in [0, 0.05) is 26.4 Å². The summed E-state index contributed by atoms with van der Waals surface area (Å²) in [6.07, 6.45) is 3.26. The number of methoxy groups -OCH3 is 1. The first-order chi connectivity index (χ1) is 8.12. The van der Waals surface area contributed by atoms with Crippen molar-refractivity contribution in [2.24, 2.45) is 5.73 Å². The van der Waals surface area contributed by atoms with Gasteiger partial charge in [-0.1, -0.05) is 0 Å². The molecule has 0 aromatic carbocycles. The third-order valence-electron chi connectivity index (χ3n) is 2.27. The summed E-state index contributed by atoms with van der Waals surface area (Å²) in [5.41, 5.74) is 5.40. The molecule has 0 spiro atoms. The monoisotopic (exact) mass is 262 g/mol. The molecule has 1 heterocycles. The number of hydrogen-bond donors (Lipinski definition) is 2. The number of sulfonamides is 1. The average molecular weight is 262 g/mol. The number of ether oxygens (including phenoxy) is 1. The largest absolute Gasteiger partial charge is 0.383 e. The van der Waals surface area contributed by atoms with Gasteiger partial charge in [0.15, 0.2) is 0 Å². The first kappa shape index (κ1) is 14.1. The quantitative estimate of drug-likeness (QED) is 0.651. The van der Waals surface area contributed by atoms with Crippen molar-refractivity contribution >= 4 is 10.0 Å². The topological polar surface area (TPSA) is 101 Å². The number of rotatable bonds is 8. The Morgan fingerprint density at radius 2 is 2.29 bits per heavy atom. The van der Waals surface area contributed by atoms with Crippen LogP contribution in [0.1, 0.15) is 6.42 Å². The number of hydrogen-bond acceptors (Lipinski definition) is 5. The summed E-state index contributed by atoms with van der Waals surface area (Å²) in [5.74, 6) is 0. The molecule has 0 radical (unpaired) electrons. The maximum absolute atomic E-state index is 12.2. The molecule has 1 aromatic rings. The zero-order chi connectivity index (χ0) is 12.7. The van der Waals surface area contributed by atoms with Gasteiger partial charge >= 0.3 is 0 Å². The second-order valence-electron chi connectivity index (χ2n) is 3.47. The maximum atomic E-state index is 12.2. The first-order valence-electron chi connectivity index (χ1n) is 5.31. The number of aromatic nitrogens is 2. The summed E-state index contributed by atoms with van der Waals surface area (Å²) in [6.45, 7) is 1.49. The van der Waals surface area contributed by atoms with Gasteiger partial charge in [0.05, 0.1) is 12.8 Å². The van der Waals surface area contributed by atoms with Crippen LogP contribution < -0.4 is 5.73 Å². The van der Waals surface area contributed by atoms with Crippen molar-refractivity contribution in [3.05, 3.63) is 12.4 Å². The van der Waals surface area contributed by atoms with Crippen LogP contribution in [0.15, 0.2) is 17.3 Å². The van der Waals surface area contributed by atoms with Crippen molar-refractivity contribution in [2.45, 2.75) is 11.3 Å². The molecule has 0 aliphatic heterocycles. The van der Waals surface area contributed by atoms with E-state index < -0.39 is 10.0 Å². The maximum Gasteiger partial charge on any atom is 0.246 e. The molecular weight excluding hydrogens is 244 g/mol. The van der Waals surface area contributed by atoms with Gasteiger partial charge in [-0.15, -0.1) is 0 Å². The van der Waals surface area contributed by atoms with Crippen LogP contribution in [-0.4, -0.2) is 56.3 Å². The molecule has 7 nitrogen and oxygen atoms in total. The third-order valence-corrected chi connectivity index (χ3v) is 4.13. The lowest BCUT2D eigenvalue weighted by Crippen LogP contribution is -2.35. The third kappa shape index (κ3) is 3.77. The molecule has 0 unspecified atom stereocenters. The molecule has 0 saturated carbocycles. The van der Waals surface area contributed by atoms with Crippen molar-refractivity contribution < 1.29 is 13.2 Å². The second kappa shape index (κ2) is 6.70. The van der Waals surface area contributed by atoms with E-state index in [0.29, 0.717) is 32.7 Å². The number of aromatic amines is 1. The molecule has 0 amide bonds.